The van der Waals surface area contributed by atoms with E-state index in [1.54, 1.807) is 18.1 Å². The molecule has 0 aromatic rings. The summed E-state index contributed by atoms with van der Waals surface area (Å²) in [6.07, 6.45) is 1.69. The molecule has 0 fully saturated rings. The van der Waals surface area contributed by atoms with Crippen molar-refractivity contribution in [2.45, 2.75) is 33.9 Å². The van der Waals surface area contributed by atoms with Crippen molar-refractivity contribution in [1.29, 1.82) is 0 Å². The molecule has 1 atom stereocenters. The molecule has 0 saturated heterocycles. The third kappa shape index (κ3) is 2.38. The number of hydrogen-bond donors (Lipinski definition) is 0. The van der Waals surface area contributed by atoms with Crippen LogP contribution in [0.3, 0.4) is 0 Å². The fourth-order valence-electron chi connectivity index (χ4n) is 2.25. The van der Waals surface area contributed by atoms with Crippen LogP contribution >= 0.6 is 0 Å². The molecule has 1 amide bonds. The Hall–Kier alpha value is -1.03. The van der Waals surface area contributed by atoms with Crippen LogP contribution in [0.5, 0.6) is 0 Å². The second-order valence-electron chi connectivity index (χ2n) is 5.36. The average Bonchev–Trinajstić information content (AvgIpc) is 2.12. The number of carbonyl (C=O) groups is 1. The Labute approximate surface area is 97.9 Å². The molecule has 0 aromatic heterocycles. The molecule has 4 nitrogen and oxygen atoms in total. The van der Waals surface area contributed by atoms with Crippen molar-refractivity contribution in [3.05, 3.63) is 11.8 Å². The van der Waals surface area contributed by atoms with Crippen LogP contribution < -0.4 is 0 Å². The highest BCUT2D eigenvalue weighted by atomic mass is 16.5. The fourth-order valence-corrected chi connectivity index (χ4v) is 2.25. The Morgan fingerprint density at radius 3 is 2.44 bits per heavy atom. The van der Waals surface area contributed by atoms with Crippen LogP contribution in [-0.2, 0) is 9.53 Å². The second-order valence-corrected chi connectivity index (χ2v) is 5.36. The lowest BCUT2D eigenvalue weighted by atomic mass is 9.89. The first-order valence-electron chi connectivity index (χ1n) is 5.49. The highest BCUT2D eigenvalue weighted by molar-refractivity contribution is 5.89. The first kappa shape index (κ1) is 13.0. The number of likely N-dealkylation sites (N-methyl/N-ethyl adjacent to an activating group) is 1. The van der Waals surface area contributed by atoms with E-state index in [1.165, 1.54) is 0 Å². The summed E-state index contributed by atoms with van der Waals surface area (Å²) in [4.78, 5) is 15.7. The molecule has 16 heavy (non-hydrogen) atoms. The van der Waals surface area contributed by atoms with Gasteiger partial charge in [-0.2, -0.15) is 0 Å². The molecule has 0 aliphatic carbocycles. The average molecular weight is 226 g/mol. The minimum Gasteiger partial charge on any atom is -0.364 e. The van der Waals surface area contributed by atoms with Gasteiger partial charge in [-0.1, -0.05) is 20.8 Å². The first-order chi connectivity index (χ1) is 7.29. The highest BCUT2D eigenvalue weighted by Gasteiger charge is 2.38. The Balaban J connectivity index is 3.09. The van der Waals surface area contributed by atoms with Crippen LogP contribution in [0.2, 0.25) is 0 Å². The van der Waals surface area contributed by atoms with Gasteiger partial charge in [-0.3, -0.25) is 4.79 Å². The van der Waals surface area contributed by atoms with E-state index in [1.807, 2.05) is 14.0 Å². The van der Waals surface area contributed by atoms with Gasteiger partial charge in [0, 0.05) is 31.3 Å². The molecule has 0 saturated carbocycles. The quantitative estimate of drug-likeness (QED) is 0.717. The van der Waals surface area contributed by atoms with Gasteiger partial charge in [-0.05, 0) is 6.92 Å². The zero-order valence-corrected chi connectivity index (χ0v) is 11.1. The second kappa shape index (κ2) is 4.45. The van der Waals surface area contributed by atoms with Crippen molar-refractivity contribution >= 4 is 5.91 Å². The summed E-state index contributed by atoms with van der Waals surface area (Å²) in [6.45, 7) is 8.83. The lowest BCUT2D eigenvalue weighted by molar-refractivity contribution is -0.140. The van der Waals surface area contributed by atoms with Crippen molar-refractivity contribution in [2.75, 3.05) is 20.9 Å². The number of rotatable bonds is 2. The number of hydrogen-bond acceptors (Lipinski definition) is 3. The molecular weight excluding hydrogens is 204 g/mol. The van der Waals surface area contributed by atoms with E-state index in [0.29, 0.717) is 6.73 Å². The van der Waals surface area contributed by atoms with E-state index in [4.69, 9.17) is 4.74 Å². The number of nitrogens with zero attached hydrogens (tertiary/aromatic N) is 2. The van der Waals surface area contributed by atoms with Crippen molar-refractivity contribution in [3.8, 4) is 0 Å². The third-order valence-corrected chi connectivity index (χ3v) is 2.84. The molecule has 4 heteroatoms. The zero-order valence-electron chi connectivity index (χ0n) is 11.1. The summed E-state index contributed by atoms with van der Waals surface area (Å²) in [7, 11) is 3.51. The molecule has 1 rings (SSSR count). The Morgan fingerprint density at radius 2 is 2.00 bits per heavy atom. The summed E-state index contributed by atoms with van der Waals surface area (Å²) in [6, 6.07) is 0. The van der Waals surface area contributed by atoms with Gasteiger partial charge in [-0.25, -0.2) is 0 Å². The smallest absolute Gasteiger partial charge is 0.249 e. The number of ether oxygens (including phenoxy) is 1. The maximum Gasteiger partial charge on any atom is 0.249 e. The molecule has 0 radical (unpaired) electrons. The Morgan fingerprint density at radius 1 is 1.44 bits per heavy atom. The van der Waals surface area contributed by atoms with Crippen molar-refractivity contribution in [2.24, 2.45) is 5.41 Å². The van der Waals surface area contributed by atoms with E-state index in [-0.39, 0.29) is 17.5 Å². The molecule has 0 unspecified atom stereocenters. The van der Waals surface area contributed by atoms with Crippen LogP contribution in [0.4, 0.5) is 0 Å². The highest BCUT2D eigenvalue weighted by Crippen LogP contribution is 2.31. The standard InChI is InChI=1S/C12H22N2O2/c1-9-7-10(15)13(5)11(12(2,3)4)14(9)8-16-6/h7,11H,8H2,1-6H3/t11-/m1/s1. The van der Waals surface area contributed by atoms with E-state index >= 15 is 0 Å². The maximum atomic E-state index is 11.8. The summed E-state index contributed by atoms with van der Waals surface area (Å²) < 4.78 is 5.21. The number of amides is 1. The molecule has 1 heterocycles. The molecular formula is C12H22N2O2. The van der Waals surface area contributed by atoms with Crippen LogP contribution in [0, 0.1) is 5.41 Å². The molecule has 1 aliphatic rings. The molecule has 0 bridgehead atoms. The normalized spacial score (nSPS) is 22.5. The van der Waals surface area contributed by atoms with Gasteiger partial charge in [0.1, 0.15) is 12.9 Å². The van der Waals surface area contributed by atoms with Gasteiger partial charge in [0.15, 0.2) is 0 Å². The van der Waals surface area contributed by atoms with Gasteiger partial charge < -0.3 is 14.5 Å². The summed E-state index contributed by atoms with van der Waals surface area (Å²) in [5, 5.41) is 0. The van der Waals surface area contributed by atoms with E-state index in [2.05, 4.69) is 25.7 Å². The predicted octanol–water partition coefficient (Wildman–Crippen LogP) is 1.64. The molecule has 0 spiro atoms. The van der Waals surface area contributed by atoms with Crippen molar-refractivity contribution in [1.82, 2.24) is 9.80 Å². The summed E-state index contributed by atoms with van der Waals surface area (Å²) >= 11 is 0. The van der Waals surface area contributed by atoms with Crippen LogP contribution in [0.25, 0.3) is 0 Å². The Bertz CT molecular complexity index is 305. The monoisotopic (exact) mass is 226 g/mol. The van der Waals surface area contributed by atoms with Crippen LogP contribution in [0.1, 0.15) is 27.7 Å². The molecule has 1 aliphatic heterocycles. The lowest BCUT2D eigenvalue weighted by Gasteiger charge is -2.48. The predicted molar refractivity (Wildman–Crippen MR) is 63.5 cm³/mol. The van der Waals surface area contributed by atoms with Crippen molar-refractivity contribution < 1.29 is 9.53 Å². The zero-order chi connectivity index (χ0) is 12.5. The summed E-state index contributed by atoms with van der Waals surface area (Å²) in [5.41, 5.74) is 0.947. The topological polar surface area (TPSA) is 32.8 Å². The van der Waals surface area contributed by atoms with Gasteiger partial charge in [0.2, 0.25) is 5.91 Å². The SMILES string of the molecule is COCN1C(C)=CC(=O)N(C)[C@H]1C(C)(C)C. The van der Waals surface area contributed by atoms with E-state index < -0.39 is 0 Å². The van der Waals surface area contributed by atoms with Gasteiger partial charge in [0.05, 0.1) is 0 Å². The molecule has 0 aromatic carbocycles. The van der Waals surface area contributed by atoms with E-state index in [0.717, 1.165) is 5.70 Å². The van der Waals surface area contributed by atoms with Crippen molar-refractivity contribution in [3.63, 3.8) is 0 Å². The minimum absolute atomic E-state index is 0.0154. The van der Waals surface area contributed by atoms with Gasteiger partial charge in [0.25, 0.3) is 0 Å². The van der Waals surface area contributed by atoms with Crippen LogP contribution in [0.15, 0.2) is 11.8 Å². The van der Waals surface area contributed by atoms with Gasteiger partial charge in [-0.15, -0.1) is 0 Å². The number of methoxy groups -OCH3 is 1. The first-order valence-corrected chi connectivity index (χ1v) is 5.49. The molecule has 0 N–H and O–H groups in total. The number of allylic oxidation sites excluding steroid dienone is 1. The molecule has 92 valence electrons. The van der Waals surface area contributed by atoms with E-state index in [9.17, 15) is 4.79 Å². The number of carbonyl (C=O) groups excluding carboxylic acids is 1. The Kier molecular flexibility index (Phi) is 3.63. The largest absolute Gasteiger partial charge is 0.364 e. The van der Waals surface area contributed by atoms with Gasteiger partial charge >= 0.3 is 0 Å². The maximum absolute atomic E-state index is 11.8. The third-order valence-electron chi connectivity index (χ3n) is 2.84. The van der Waals surface area contributed by atoms with Crippen LogP contribution in [-0.4, -0.2) is 42.8 Å². The minimum atomic E-state index is -0.0154. The lowest BCUT2D eigenvalue weighted by Crippen LogP contribution is -2.57. The fraction of sp³-hybridized carbons (Fsp3) is 0.750. The summed E-state index contributed by atoms with van der Waals surface area (Å²) in [5.74, 6) is 0.0600.